The van der Waals surface area contributed by atoms with Crippen LogP contribution in [0, 0.1) is 0 Å². The van der Waals surface area contributed by atoms with Crippen molar-refractivity contribution in [2.45, 2.75) is 37.7 Å². The first-order chi connectivity index (χ1) is 15.8. The number of carbonyl (C=O) groups excluding carboxylic acids is 1. The van der Waals surface area contributed by atoms with Gasteiger partial charge in [-0.15, -0.1) is 0 Å². The van der Waals surface area contributed by atoms with Gasteiger partial charge in [0, 0.05) is 13.1 Å². The lowest BCUT2D eigenvalue weighted by atomic mass is 10.0. The van der Waals surface area contributed by atoms with Gasteiger partial charge in [-0.25, -0.2) is 8.42 Å². The molecule has 1 atom stereocenters. The molecule has 180 valence electrons. The third-order valence-corrected chi connectivity index (χ3v) is 7.23. The molecule has 0 aliphatic carbocycles. The van der Waals surface area contributed by atoms with Crippen LogP contribution in [0.4, 0.5) is 0 Å². The molecule has 1 aliphatic rings. The smallest absolute Gasteiger partial charge is 0.260 e. The highest BCUT2D eigenvalue weighted by molar-refractivity contribution is 7.89. The maximum Gasteiger partial charge on any atom is 0.260 e. The van der Waals surface area contributed by atoms with Gasteiger partial charge in [-0.2, -0.15) is 4.31 Å². The standard InChI is InChI=1S/C24H32N2O6S/c1-18(2)22-6-4-5-7-23(22)32-19(3)24(27)25-12-15-31-20-8-10-21(11-9-20)33(28,29)26-13-16-30-17-14-26/h4-11,18-19H,12-17H2,1-3H3,(H,25,27)/t19-/m0/s1. The summed E-state index contributed by atoms with van der Waals surface area (Å²) in [6.45, 7) is 7.92. The van der Waals surface area contributed by atoms with E-state index in [9.17, 15) is 13.2 Å². The maximum atomic E-state index is 12.7. The topological polar surface area (TPSA) is 94.2 Å². The van der Waals surface area contributed by atoms with Crippen LogP contribution in [0.25, 0.3) is 0 Å². The Bertz CT molecular complexity index is 1020. The third kappa shape index (κ3) is 6.69. The number of para-hydroxylation sites is 1. The minimum absolute atomic E-state index is 0.220. The van der Waals surface area contributed by atoms with Crippen LogP contribution >= 0.6 is 0 Å². The number of benzene rings is 2. The van der Waals surface area contributed by atoms with E-state index < -0.39 is 16.1 Å². The zero-order valence-electron chi connectivity index (χ0n) is 19.3. The number of sulfonamides is 1. The molecule has 0 spiro atoms. The van der Waals surface area contributed by atoms with Crippen molar-refractivity contribution in [3.63, 3.8) is 0 Å². The Morgan fingerprint density at radius 1 is 1.06 bits per heavy atom. The van der Waals surface area contributed by atoms with Gasteiger partial charge in [0.1, 0.15) is 18.1 Å². The molecule has 1 aliphatic heterocycles. The van der Waals surface area contributed by atoms with Gasteiger partial charge in [0.15, 0.2) is 6.10 Å². The average Bonchev–Trinajstić information content (AvgIpc) is 2.82. The molecule has 8 nitrogen and oxygen atoms in total. The van der Waals surface area contributed by atoms with Gasteiger partial charge in [-0.1, -0.05) is 32.0 Å². The van der Waals surface area contributed by atoms with Crippen LogP contribution in [-0.4, -0.2) is 64.2 Å². The number of nitrogens with zero attached hydrogens (tertiary/aromatic N) is 1. The molecule has 1 N–H and O–H groups in total. The predicted molar refractivity (Wildman–Crippen MR) is 125 cm³/mol. The highest BCUT2D eigenvalue weighted by Crippen LogP contribution is 2.26. The minimum atomic E-state index is -3.53. The number of ether oxygens (including phenoxy) is 3. The van der Waals surface area contributed by atoms with Crippen molar-refractivity contribution in [1.82, 2.24) is 9.62 Å². The molecular weight excluding hydrogens is 444 g/mol. The lowest BCUT2D eigenvalue weighted by Gasteiger charge is -2.26. The van der Waals surface area contributed by atoms with E-state index >= 15 is 0 Å². The first-order valence-electron chi connectivity index (χ1n) is 11.1. The number of rotatable bonds is 10. The van der Waals surface area contributed by atoms with Crippen LogP contribution in [0.3, 0.4) is 0 Å². The van der Waals surface area contributed by atoms with E-state index in [-0.39, 0.29) is 17.4 Å². The number of carbonyl (C=O) groups is 1. The second-order valence-corrected chi connectivity index (χ2v) is 10.0. The Kier molecular flexibility index (Phi) is 8.71. The van der Waals surface area contributed by atoms with Crippen LogP contribution in [0.1, 0.15) is 32.3 Å². The van der Waals surface area contributed by atoms with Gasteiger partial charge in [0.2, 0.25) is 10.0 Å². The summed E-state index contributed by atoms with van der Waals surface area (Å²) >= 11 is 0. The molecule has 1 heterocycles. The van der Waals surface area contributed by atoms with Crippen LogP contribution in [-0.2, 0) is 19.6 Å². The molecule has 2 aromatic carbocycles. The van der Waals surface area contributed by atoms with Crippen molar-refractivity contribution < 1.29 is 27.4 Å². The van der Waals surface area contributed by atoms with Crippen LogP contribution in [0.2, 0.25) is 0 Å². The number of amides is 1. The van der Waals surface area contributed by atoms with Crippen LogP contribution < -0.4 is 14.8 Å². The van der Waals surface area contributed by atoms with E-state index in [1.165, 1.54) is 16.4 Å². The molecule has 1 saturated heterocycles. The predicted octanol–water partition coefficient (Wildman–Crippen LogP) is 2.79. The van der Waals surface area contributed by atoms with Crippen molar-refractivity contribution in [3.8, 4) is 11.5 Å². The molecule has 0 saturated carbocycles. The first kappa shape index (κ1) is 25.0. The largest absolute Gasteiger partial charge is 0.492 e. The number of nitrogens with one attached hydrogen (secondary N) is 1. The molecule has 0 radical (unpaired) electrons. The van der Waals surface area contributed by atoms with Gasteiger partial charge in [-0.3, -0.25) is 4.79 Å². The summed E-state index contributed by atoms with van der Waals surface area (Å²) < 4.78 is 43.4. The van der Waals surface area contributed by atoms with Gasteiger partial charge in [0.05, 0.1) is 24.7 Å². The highest BCUT2D eigenvalue weighted by Gasteiger charge is 2.26. The molecule has 1 fully saturated rings. The van der Waals surface area contributed by atoms with Crippen molar-refractivity contribution in [2.75, 3.05) is 39.5 Å². The van der Waals surface area contributed by atoms with Gasteiger partial charge in [-0.05, 0) is 48.7 Å². The van der Waals surface area contributed by atoms with Gasteiger partial charge in [0.25, 0.3) is 5.91 Å². The normalized spacial score (nSPS) is 15.8. The quantitative estimate of drug-likeness (QED) is 0.530. The van der Waals surface area contributed by atoms with E-state index in [2.05, 4.69) is 19.2 Å². The van der Waals surface area contributed by atoms with Gasteiger partial charge < -0.3 is 19.5 Å². The molecule has 0 bridgehead atoms. The number of hydrogen-bond acceptors (Lipinski definition) is 6. The monoisotopic (exact) mass is 476 g/mol. The van der Waals surface area contributed by atoms with Crippen molar-refractivity contribution in [2.24, 2.45) is 0 Å². The molecular formula is C24H32N2O6S. The average molecular weight is 477 g/mol. The molecule has 3 rings (SSSR count). The Morgan fingerprint density at radius 2 is 1.73 bits per heavy atom. The lowest BCUT2D eigenvalue weighted by molar-refractivity contribution is -0.127. The second-order valence-electron chi connectivity index (χ2n) is 8.08. The SMILES string of the molecule is CC(C)c1ccccc1O[C@@H](C)C(=O)NCCOc1ccc(S(=O)(=O)N2CCOCC2)cc1. The Balaban J connectivity index is 1.44. The third-order valence-electron chi connectivity index (χ3n) is 5.32. The zero-order valence-corrected chi connectivity index (χ0v) is 20.1. The summed E-state index contributed by atoms with van der Waals surface area (Å²) in [4.78, 5) is 12.6. The Morgan fingerprint density at radius 3 is 2.39 bits per heavy atom. The molecule has 33 heavy (non-hydrogen) atoms. The van der Waals surface area contributed by atoms with E-state index in [0.29, 0.717) is 50.3 Å². The number of morpholine rings is 1. The molecule has 1 amide bonds. The molecule has 9 heteroatoms. The fourth-order valence-electron chi connectivity index (χ4n) is 3.44. The summed E-state index contributed by atoms with van der Waals surface area (Å²) in [7, 11) is -3.53. The minimum Gasteiger partial charge on any atom is -0.492 e. The van der Waals surface area contributed by atoms with Crippen LogP contribution in [0.5, 0.6) is 11.5 Å². The summed E-state index contributed by atoms with van der Waals surface area (Å²) in [5.41, 5.74) is 1.06. The first-order valence-corrected chi connectivity index (χ1v) is 12.6. The fraction of sp³-hybridized carbons (Fsp3) is 0.458. The van der Waals surface area contributed by atoms with Crippen molar-refractivity contribution in [1.29, 1.82) is 0 Å². The van der Waals surface area contributed by atoms with E-state index in [1.807, 2.05) is 24.3 Å². The van der Waals surface area contributed by atoms with E-state index in [0.717, 1.165) is 5.56 Å². The van der Waals surface area contributed by atoms with Crippen molar-refractivity contribution >= 4 is 15.9 Å². The van der Waals surface area contributed by atoms with Crippen molar-refractivity contribution in [3.05, 3.63) is 54.1 Å². The van der Waals surface area contributed by atoms with Crippen LogP contribution in [0.15, 0.2) is 53.4 Å². The summed E-state index contributed by atoms with van der Waals surface area (Å²) in [5.74, 6) is 1.29. The maximum absolute atomic E-state index is 12.7. The van der Waals surface area contributed by atoms with E-state index in [4.69, 9.17) is 14.2 Å². The molecule has 0 unspecified atom stereocenters. The van der Waals surface area contributed by atoms with E-state index in [1.54, 1.807) is 19.1 Å². The Hall–Kier alpha value is -2.62. The summed E-state index contributed by atoms with van der Waals surface area (Å²) in [6, 6.07) is 14.0. The molecule has 0 aromatic heterocycles. The summed E-state index contributed by atoms with van der Waals surface area (Å²) in [5, 5.41) is 2.80. The van der Waals surface area contributed by atoms with Gasteiger partial charge >= 0.3 is 0 Å². The number of hydrogen-bond donors (Lipinski definition) is 1. The fourth-order valence-corrected chi connectivity index (χ4v) is 4.85. The lowest BCUT2D eigenvalue weighted by Crippen LogP contribution is -2.40. The second kappa shape index (κ2) is 11.5. The zero-order chi connectivity index (χ0) is 23.8. The summed E-state index contributed by atoms with van der Waals surface area (Å²) in [6.07, 6.45) is -0.644. The highest BCUT2D eigenvalue weighted by atomic mass is 32.2. The Labute approximate surface area is 195 Å². The molecule has 2 aromatic rings.